The van der Waals surface area contributed by atoms with Gasteiger partial charge in [0.05, 0.1) is 12.4 Å². The largest absolute Gasteiger partial charge is 0.480 e. The Labute approximate surface area is 94.8 Å². The number of nitrogens with two attached hydrogens (primary N) is 1. The minimum atomic E-state index is -0.178. The molecule has 6 heteroatoms. The van der Waals surface area contributed by atoms with E-state index in [-0.39, 0.29) is 18.6 Å². The molecule has 1 aromatic rings. The Morgan fingerprint density at radius 3 is 3.00 bits per heavy atom. The molecule has 0 saturated carbocycles. The zero-order valence-electron chi connectivity index (χ0n) is 9.64. The maximum absolute atomic E-state index is 11.2. The topological polar surface area (TPSA) is 82.2 Å². The minimum Gasteiger partial charge on any atom is -0.480 e. The number of amides is 1. The summed E-state index contributed by atoms with van der Waals surface area (Å²) in [6, 6.07) is 0.281. The van der Waals surface area contributed by atoms with E-state index >= 15 is 0 Å². The van der Waals surface area contributed by atoms with Gasteiger partial charge in [-0.2, -0.15) is 5.10 Å². The first-order valence-corrected chi connectivity index (χ1v) is 5.27. The van der Waals surface area contributed by atoms with E-state index in [1.165, 1.54) is 0 Å². The van der Waals surface area contributed by atoms with Crippen LogP contribution >= 0.6 is 0 Å². The van der Waals surface area contributed by atoms with Gasteiger partial charge < -0.3 is 15.8 Å². The van der Waals surface area contributed by atoms with Gasteiger partial charge in [0, 0.05) is 19.1 Å². The van der Waals surface area contributed by atoms with E-state index < -0.39 is 0 Å². The van der Waals surface area contributed by atoms with Crippen molar-refractivity contribution in [3.05, 3.63) is 12.4 Å². The number of aromatic nitrogens is 2. The van der Waals surface area contributed by atoms with Gasteiger partial charge in [0.15, 0.2) is 12.4 Å². The molecular weight excluding hydrogens is 208 g/mol. The Morgan fingerprint density at radius 2 is 2.44 bits per heavy atom. The molecule has 16 heavy (non-hydrogen) atoms. The summed E-state index contributed by atoms with van der Waals surface area (Å²) < 4.78 is 7.03. The predicted octanol–water partition coefficient (Wildman–Crippen LogP) is -0.0823. The van der Waals surface area contributed by atoms with Crippen LogP contribution in [0.1, 0.15) is 19.9 Å². The van der Waals surface area contributed by atoms with Crippen molar-refractivity contribution in [2.45, 2.75) is 19.9 Å². The summed E-state index contributed by atoms with van der Waals surface area (Å²) >= 11 is 0. The maximum atomic E-state index is 11.2. The first-order chi connectivity index (χ1) is 7.63. The van der Waals surface area contributed by atoms with Gasteiger partial charge in [-0.15, -0.1) is 0 Å². The van der Waals surface area contributed by atoms with E-state index in [1.54, 1.807) is 17.1 Å². The van der Waals surface area contributed by atoms with Crippen LogP contribution in [-0.4, -0.2) is 35.4 Å². The van der Waals surface area contributed by atoms with Crippen LogP contribution in [0.4, 0.5) is 0 Å². The zero-order chi connectivity index (χ0) is 12.0. The SMILES string of the molecule is CC(C)n1cc(OCC(=O)NCCN)cn1. The van der Waals surface area contributed by atoms with Gasteiger partial charge in [0.2, 0.25) is 0 Å². The second-order valence-corrected chi connectivity index (χ2v) is 3.68. The van der Waals surface area contributed by atoms with Gasteiger partial charge in [-0.3, -0.25) is 9.48 Å². The number of hydrogen-bond donors (Lipinski definition) is 2. The number of ether oxygens (including phenoxy) is 1. The van der Waals surface area contributed by atoms with Crippen molar-refractivity contribution in [2.75, 3.05) is 19.7 Å². The van der Waals surface area contributed by atoms with Crippen LogP contribution in [0.15, 0.2) is 12.4 Å². The monoisotopic (exact) mass is 226 g/mol. The molecule has 0 aliphatic heterocycles. The molecule has 1 heterocycles. The van der Waals surface area contributed by atoms with E-state index in [0.717, 1.165) is 0 Å². The van der Waals surface area contributed by atoms with Crippen molar-refractivity contribution < 1.29 is 9.53 Å². The van der Waals surface area contributed by atoms with Crippen molar-refractivity contribution in [2.24, 2.45) is 5.73 Å². The second-order valence-electron chi connectivity index (χ2n) is 3.68. The van der Waals surface area contributed by atoms with Crippen molar-refractivity contribution in [1.82, 2.24) is 15.1 Å². The molecule has 0 aliphatic carbocycles. The number of hydrogen-bond acceptors (Lipinski definition) is 4. The first kappa shape index (κ1) is 12.5. The highest BCUT2D eigenvalue weighted by atomic mass is 16.5. The predicted molar refractivity (Wildman–Crippen MR) is 60.2 cm³/mol. The fourth-order valence-corrected chi connectivity index (χ4v) is 1.09. The molecular formula is C10H18N4O2. The number of nitrogens with zero attached hydrogens (tertiary/aromatic N) is 2. The number of carbonyl (C=O) groups is 1. The van der Waals surface area contributed by atoms with Gasteiger partial charge in [-0.25, -0.2) is 0 Å². The standard InChI is InChI=1S/C10H18N4O2/c1-8(2)14-6-9(5-13-14)16-7-10(15)12-4-3-11/h5-6,8H,3-4,7,11H2,1-2H3,(H,12,15). The third kappa shape index (κ3) is 3.90. The maximum Gasteiger partial charge on any atom is 0.257 e. The highest BCUT2D eigenvalue weighted by molar-refractivity contribution is 5.77. The highest BCUT2D eigenvalue weighted by Gasteiger charge is 2.05. The lowest BCUT2D eigenvalue weighted by atomic mass is 10.4. The first-order valence-electron chi connectivity index (χ1n) is 5.27. The summed E-state index contributed by atoms with van der Waals surface area (Å²) in [5.74, 6) is 0.416. The lowest BCUT2D eigenvalue weighted by molar-refractivity contribution is -0.123. The quantitative estimate of drug-likeness (QED) is 0.710. The molecule has 0 saturated heterocycles. The summed E-state index contributed by atoms with van der Waals surface area (Å²) in [6.07, 6.45) is 3.36. The Kier molecular flexibility index (Phi) is 4.78. The van der Waals surface area contributed by atoms with Crippen LogP contribution in [-0.2, 0) is 4.79 Å². The summed E-state index contributed by atoms with van der Waals surface area (Å²) in [4.78, 5) is 11.2. The molecule has 1 amide bonds. The fourth-order valence-electron chi connectivity index (χ4n) is 1.09. The third-order valence-corrected chi connectivity index (χ3v) is 1.94. The Morgan fingerprint density at radius 1 is 1.69 bits per heavy atom. The molecule has 0 radical (unpaired) electrons. The van der Waals surface area contributed by atoms with Gasteiger partial charge in [0.1, 0.15) is 0 Å². The van der Waals surface area contributed by atoms with E-state index in [0.29, 0.717) is 18.8 Å². The van der Waals surface area contributed by atoms with Crippen molar-refractivity contribution in [3.63, 3.8) is 0 Å². The smallest absolute Gasteiger partial charge is 0.257 e. The minimum absolute atomic E-state index is 0.0101. The molecule has 0 spiro atoms. The molecule has 3 N–H and O–H groups in total. The second kappa shape index (κ2) is 6.12. The van der Waals surface area contributed by atoms with E-state index in [1.807, 2.05) is 13.8 Å². The lowest BCUT2D eigenvalue weighted by Crippen LogP contribution is -2.32. The van der Waals surface area contributed by atoms with Gasteiger partial charge >= 0.3 is 0 Å². The molecule has 1 aromatic heterocycles. The molecule has 0 aromatic carbocycles. The van der Waals surface area contributed by atoms with E-state index in [2.05, 4.69) is 10.4 Å². The Hall–Kier alpha value is -1.56. The third-order valence-electron chi connectivity index (χ3n) is 1.94. The summed E-state index contributed by atoms with van der Waals surface area (Å²) in [6.45, 7) is 4.92. The van der Waals surface area contributed by atoms with Gasteiger partial charge in [-0.05, 0) is 13.8 Å². The summed E-state index contributed by atoms with van der Waals surface area (Å²) in [5, 5.41) is 6.71. The highest BCUT2D eigenvalue weighted by Crippen LogP contribution is 2.11. The molecule has 90 valence electrons. The molecule has 6 nitrogen and oxygen atoms in total. The average molecular weight is 226 g/mol. The number of nitrogens with one attached hydrogen (secondary N) is 1. The Bertz CT molecular complexity index is 335. The average Bonchev–Trinajstić information content (AvgIpc) is 2.72. The van der Waals surface area contributed by atoms with Crippen molar-refractivity contribution in [3.8, 4) is 5.75 Å². The van der Waals surface area contributed by atoms with E-state index in [4.69, 9.17) is 10.5 Å². The van der Waals surface area contributed by atoms with Crippen LogP contribution in [0.25, 0.3) is 0 Å². The zero-order valence-corrected chi connectivity index (χ0v) is 9.64. The molecule has 0 bridgehead atoms. The molecule has 1 rings (SSSR count). The van der Waals surface area contributed by atoms with Crippen molar-refractivity contribution >= 4 is 5.91 Å². The van der Waals surface area contributed by atoms with Crippen LogP contribution in [0.3, 0.4) is 0 Å². The Balaban J connectivity index is 2.33. The van der Waals surface area contributed by atoms with Crippen LogP contribution in [0, 0.1) is 0 Å². The van der Waals surface area contributed by atoms with Crippen LogP contribution in [0.5, 0.6) is 5.75 Å². The normalized spacial score (nSPS) is 10.5. The van der Waals surface area contributed by atoms with Gasteiger partial charge in [-0.1, -0.05) is 0 Å². The molecule has 0 aliphatic rings. The fraction of sp³-hybridized carbons (Fsp3) is 0.600. The number of rotatable bonds is 6. The summed E-state index contributed by atoms with van der Waals surface area (Å²) in [5.41, 5.74) is 5.25. The van der Waals surface area contributed by atoms with Crippen LogP contribution < -0.4 is 15.8 Å². The molecule has 0 fully saturated rings. The van der Waals surface area contributed by atoms with E-state index in [9.17, 15) is 4.79 Å². The molecule has 0 unspecified atom stereocenters. The molecule has 0 atom stereocenters. The van der Waals surface area contributed by atoms with Crippen molar-refractivity contribution in [1.29, 1.82) is 0 Å². The summed E-state index contributed by atoms with van der Waals surface area (Å²) in [7, 11) is 0. The lowest BCUT2D eigenvalue weighted by Gasteiger charge is -2.05. The number of carbonyl (C=O) groups excluding carboxylic acids is 1. The van der Waals surface area contributed by atoms with Crippen LogP contribution in [0.2, 0.25) is 0 Å². The van der Waals surface area contributed by atoms with Gasteiger partial charge in [0.25, 0.3) is 5.91 Å².